The summed E-state index contributed by atoms with van der Waals surface area (Å²) in [5.74, 6) is -5.29. The van der Waals surface area contributed by atoms with Crippen LogP contribution in [0, 0.1) is 13.8 Å². The van der Waals surface area contributed by atoms with E-state index < -0.39 is 79.3 Å². The van der Waals surface area contributed by atoms with Gasteiger partial charge in [-0.15, -0.1) is 0 Å². The van der Waals surface area contributed by atoms with Crippen molar-refractivity contribution in [1.29, 1.82) is 0 Å². The molecule has 50 heavy (non-hydrogen) atoms. The molecular formula is C34H40N2O12S2. The lowest BCUT2D eigenvalue weighted by atomic mass is 9.83. The number of phenols is 6. The molecule has 4 aromatic carbocycles. The smallest absolute Gasteiger partial charge is 0.266 e. The van der Waals surface area contributed by atoms with Crippen LogP contribution in [0.5, 0.6) is 34.5 Å². The number of fused-ring (bicyclic) bond motifs is 2. The fourth-order valence-corrected chi connectivity index (χ4v) is 6.94. The summed E-state index contributed by atoms with van der Waals surface area (Å²) < 4.78 is 63.2. The van der Waals surface area contributed by atoms with Crippen LogP contribution in [0.1, 0.15) is 72.9 Å². The Hall–Kier alpha value is -4.64. The molecule has 4 rings (SSSR count). The minimum atomic E-state index is -4.36. The van der Waals surface area contributed by atoms with Gasteiger partial charge in [0.25, 0.3) is 20.2 Å². The van der Waals surface area contributed by atoms with Gasteiger partial charge in [-0.3, -0.25) is 19.1 Å². The van der Waals surface area contributed by atoms with Crippen molar-refractivity contribution in [2.24, 2.45) is 9.98 Å². The zero-order valence-corrected chi connectivity index (χ0v) is 29.8. The zero-order chi connectivity index (χ0) is 37.6. The first kappa shape index (κ1) is 38.2. The number of rotatable bonds is 11. The van der Waals surface area contributed by atoms with Crippen LogP contribution in [0.15, 0.2) is 22.1 Å². The molecule has 0 unspecified atom stereocenters. The maximum atomic E-state index is 12.1. The average molecular weight is 733 g/mol. The van der Waals surface area contributed by atoms with Gasteiger partial charge in [0.05, 0.1) is 24.6 Å². The maximum Gasteiger partial charge on any atom is 0.266 e. The average Bonchev–Trinajstić information content (AvgIpc) is 2.97. The Morgan fingerprint density at radius 1 is 0.580 bits per heavy atom. The third-order valence-corrected chi connectivity index (χ3v) is 9.78. The number of aryl methyl sites for hydroxylation is 2. The van der Waals surface area contributed by atoms with Gasteiger partial charge < -0.3 is 30.6 Å². The maximum absolute atomic E-state index is 12.1. The zero-order valence-electron chi connectivity index (χ0n) is 28.2. The second-order valence-electron chi connectivity index (χ2n) is 12.7. The number of nitrogens with zero attached hydrogens (tertiary/aromatic N) is 2. The number of benzene rings is 4. The molecule has 0 aliphatic carbocycles. The van der Waals surface area contributed by atoms with E-state index >= 15 is 0 Å². The van der Waals surface area contributed by atoms with Crippen molar-refractivity contribution < 1.29 is 56.6 Å². The summed E-state index contributed by atoms with van der Waals surface area (Å²) in [6, 6.07) is 3.28. The highest BCUT2D eigenvalue weighted by Crippen LogP contribution is 2.54. The van der Waals surface area contributed by atoms with Crippen LogP contribution in [0.25, 0.3) is 32.7 Å². The van der Waals surface area contributed by atoms with E-state index in [1.807, 2.05) is 0 Å². The molecule has 0 amide bonds. The number of hydrogen-bond acceptors (Lipinski definition) is 12. The van der Waals surface area contributed by atoms with Gasteiger partial charge in [0.15, 0.2) is 23.0 Å². The largest absolute Gasteiger partial charge is 0.507 e. The molecule has 0 radical (unpaired) electrons. The highest BCUT2D eigenvalue weighted by Gasteiger charge is 2.29. The molecule has 0 bridgehead atoms. The van der Waals surface area contributed by atoms with Crippen molar-refractivity contribution in [1.82, 2.24) is 0 Å². The molecule has 16 heteroatoms. The lowest BCUT2D eigenvalue weighted by Crippen LogP contribution is -2.07. The lowest BCUT2D eigenvalue weighted by molar-refractivity contribution is 0.398. The molecule has 0 fully saturated rings. The van der Waals surface area contributed by atoms with Crippen molar-refractivity contribution in [3.05, 3.63) is 45.5 Å². The second-order valence-corrected chi connectivity index (χ2v) is 15.8. The molecule has 0 aliphatic heterocycles. The normalized spacial score (nSPS) is 12.9. The predicted octanol–water partition coefficient (Wildman–Crippen LogP) is 5.37. The fourth-order valence-electron chi connectivity index (χ4n) is 6.27. The first-order chi connectivity index (χ1) is 23.1. The summed E-state index contributed by atoms with van der Waals surface area (Å²) >= 11 is 0. The minimum Gasteiger partial charge on any atom is -0.507 e. The quantitative estimate of drug-likeness (QED) is 0.0550. The van der Waals surface area contributed by atoms with Crippen LogP contribution in [0.2, 0.25) is 0 Å². The van der Waals surface area contributed by atoms with Crippen molar-refractivity contribution in [2.75, 3.05) is 24.6 Å². The van der Waals surface area contributed by atoms with Gasteiger partial charge >= 0.3 is 0 Å². The first-order valence-corrected chi connectivity index (χ1v) is 18.7. The summed E-state index contributed by atoms with van der Waals surface area (Å²) in [5, 5.41) is 69.1. The molecule has 0 aliphatic rings. The standard InChI is InChI=1S/C34H40N2O12S2/c1-15(2)23-19-11-17(5)25(31(39)27(19)21(29(37)33(23)41)13-35-7-9-49(43,44)45)26-18(6)12-20-24(16(3)4)34(42)30(38)22(28(20)32(26)40)14-36-8-10-50(46,47)48/h11-16,37-42H,7-10H2,1-6H3,(H,43,44,45)(H,46,47,48). The van der Waals surface area contributed by atoms with Crippen LogP contribution < -0.4 is 0 Å². The summed E-state index contributed by atoms with van der Waals surface area (Å²) in [5.41, 5.74) is 1.29. The number of phenolic OH excluding ortho intramolecular Hbond substituents is 6. The second kappa shape index (κ2) is 13.9. The summed E-state index contributed by atoms with van der Waals surface area (Å²) in [4.78, 5) is 7.97. The van der Waals surface area contributed by atoms with Crippen LogP contribution in [-0.2, 0) is 20.2 Å². The Morgan fingerprint density at radius 2 is 0.900 bits per heavy atom. The molecule has 0 spiro atoms. The van der Waals surface area contributed by atoms with Crippen LogP contribution in [-0.4, -0.2) is 93.6 Å². The van der Waals surface area contributed by atoms with Gasteiger partial charge in [-0.05, 0) is 47.6 Å². The molecule has 270 valence electrons. The van der Waals surface area contributed by atoms with E-state index in [2.05, 4.69) is 9.98 Å². The number of aromatic hydroxyl groups is 6. The van der Waals surface area contributed by atoms with Gasteiger partial charge in [-0.25, -0.2) is 0 Å². The van der Waals surface area contributed by atoms with E-state index in [4.69, 9.17) is 9.11 Å². The van der Waals surface area contributed by atoms with E-state index in [0.29, 0.717) is 33.0 Å². The van der Waals surface area contributed by atoms with Crippen molar-refractivity contribution >= 4 is 54.2 Å². The monoisotopic (exact) mass is 732 g/mol. The summed E-state index contributed by atoms with van der Waals surface area (Å²) in [7, 11) is -8.71. The Labute approximate surface area is 289 Å². The van der Waals surface area contributed by atoms with E-state index in [-0.39, 0.29) is 44.9 Å². The Bertz CT molecular complexity index is 2150. The van der Waals surface area contributed by atoms with Gasteiger partial charge in [-0.1, -0.05) is 39.8 Å². The van der Waals surface area contributed by atoms with Gasteiger partial charge in [-0.2, -0.15) is 16.8 Å². The van der Waals surface area contributed by atoms with Crippen molar-refractivity contribution in [2.45, 2.75) is 53.4 Å². The Morgan fingerprint density at radius 3 is 1.18 bits per heavy atom. The molecule has 0 heterocycles. The minimum absolute atomic E-state index is 0.0162. The van der Waals surface area contributed by atoms with E-state index in [9.17, 15) is 47.5 Å². The van der Waals surface area contributed by atoms with E-state index in [0.717, 1.165) is 12.4 Å². The molecule has 0 saturated heterocycles. The molecule has 0 aromatic heterocycles. The highest BCUT2D eigenvalue weighted by molar-refractivity contribution is 7.86. The van der Waals surface area contributed by atoms with Gasteiger partial charge in [0.2, 0.25) is 0 Å². The Balaban J connectivity index is 2.16. The van der Waals surface area contributed by atoms with Crippen LogP contribution in [0.4, 0.5) is 0 Å². The third kappa shape index (κ3) is 7.28. The fraction of sp³-hybridized carbons (Fsp3) is 0.353. The van der Waals surface area contributed by atoms with Crippen LogP contribution in [0.3, 0.4) is 0 Å². The predicted molar refractivity (Wildman–Crippen MR) is 192 cm³/mol. The van der Waals surface area contributed by atoms with Crippen molar-refractivity contribution in [3.63, 3.8) is 0 Å². The Kier molecular flexibility index (Phi) is 10.6. The number of hydrogen-bond donors (Lipinski definition) is 8. The molecular weight excluding hydrogens is 693 g/mol. The molecule has 14 nitrogen and oxygen atoms in total. The SMILES string of the molecule is Cc1cc2c(C(C)C)c(O)c(O)c(C=NCCS(=O)(=O)O)c2c(O)c1-c1c(C)cc2c(C(C)C)c(O)c(O)c(C=NCCS(=O)(=O)O)c2c1O. The van der Waals surface area contributed by atoms with Crippen molar-refractivity contribution in [3.8, 4) is 45.6 Å². The highest BCUT2D eigenvalue weighted by atomic mass is 32.2. The van der Waals surface area contributed by atoms with Gasteiger partial charge in [0.1, 0.15) is 11.5 Å². The molecule has 0 atom stereocenters. The summed E-state index contributed by atoms with van der Waals surface area (Å²) in [6.45, 7) is 9.55. The third-order valence-electron chi connectivity index (χ3n) is 8.39. The number of aliphatic imine (C=N–C) groups is 2. The first-order valence-electron chi connectivity index (χ1n) is 15.5. The molecule has 0 saturated carbocycles. The van der Waals surface area contributed by atoms with E-state index in [1.165, 1.54) is 0 Å². The summed E-state index contributed by atoms with van der Waals surface area (Å²) in [6.07, 6.45) is 2.13. The van der Waals surface area contributed by atoms with Gasteiger partial charge in [0, 0.05) is 56.6 Å². The topological polar surface area (TPSA) is 255 Å². The molecule has 4 aromatic rings. The molecule has 8 N–H and O–H groups in total. The lowest BCUT2D eigenvalue weighted by Gasteiger charge is -2.23. The van der Waals surface area contributed by atoms with Crippen LogP contribution >= 0.6 is 0 Å². The van der Waals surface area contributed by atoms with E-state index in [1.54, 1.807) is 53.7 Å².